The molecule has 58 heavy (non-hydrogen) atoms. The molecule has 1 heterocycles. The Bertz CT molecular complexity index is 3250. The molecule has 0 fully saturated rings. The van der Waals surface area contributed by atoms with Gasteiger partial charge >= 0.3 is 0 Å². The van der Waals surface area contributed by atoms with E-state index in [1.165, 1.54) is 38.6 Å². The lowest BCUT2D eigenvalue weighted by Crippen LogP contribution is -2.10. The largest absolute Gasteiger partial charge is 0.453 e. The highest BCUT2D eigenvalue weighted by Gasteiger charge is 2.23. The fraction of sp³-hybridized carbons (Fsp3) is 0. The average molecular weight is 740 g/mol. The molecule has 0 spiro atoms. The predicted octanol–water partition coefficient (Wildman–Crippen LogP) is 16.0. The molecule has 0 aliphatic rings. The molecule has 0 atom stereocenters. The third-order valence-electron chi connectivity index (χ3n) is 11.5. The van der Waals surface area contributed by atoms with E-state index in [1.54, 1.807) is 0 Å². The van der Waals surface area contributed by atoms with Gasteiger partial charge in [-0.1, -0.05) is 188 Å². The maximum atomic E-state index is 7.19. The molecule has 2 heteroatoms. The van der Waals surface area contributed by atoms with Crippen LogP contribution < -0.4 is 4.90 Å². The van der Waals surface area contributed by atoms with E-state index >= 15 is 0 Å². The highest BCUT2D eigenvalue weighted by atomic mass is 16.3. The van der Waals surface area contributed by atoms with Crippen LogP contribution in [0.3, 0.4) is 0 Å². The van der Waals surface area contributed by atoms with Crippen LogP contribution in [0.2, 0.25) is 0 Å². The van der Waals surface area contributed by atoms with Crippen LogP contribution in [0.4, 0.5) is 17.1 Å². The quantitative estimate of drug-likeness (QED) is 0.162. The van der Waals surface area contributed by atoms with Gasteiger partial charge in [0.1, 0.15) is 5.58 Å². The van der Waals surface area contributed by atoms with Crippen LogP contribution in [0.1, 0.15) is 0 Å². The monoisotopic (exact) mass is 739 g/mol. The van der Waals surface area contributed by atoms with Gasteiger partial charge in [0.15, 0.2) is 5.58 Å². The second kappa shape index (κ2) is 14.1. The van der Waals surface area contributed by atoms with Gasteiger partial charge in [-0.2, -0.15) is 0 Å². The van der Waals surface area contributed by atoms with Gasteiger partial charge in [-0.3, -0.25) is 0 Å². The molecule has 0 aliphatic carbocycles. The highest BCUT2D eigenvalue weighted by Crippen LogP contribution is 2.48. The van der Waals surface area contributed by atoms with Crippen molar-refractivity contribution in [2.45, 2.75) is 0 Å². The zero-order valence-electron chi connectivity index (χ0n) is 31.7. The Morgan fingerprint density at radius 3 is 1.59 bits per heavy atom. The van der Waals surface area contributed by atoms with E-state index in [0.717, 1.165) is 66.5 Å². The normalized spacial score (nSPS) is 11.4. The van der Waals surface area contributed by atoms with E-state index in [0.29, 0.717) is 0 Å². The van der Waals surface area contributed by atoms with Crippen LogP contribution in [0.5, 0.6) is 0 Å². The Labute approximate surface area is 337 Å². The SMILES string of the molecule is c1ccc(-c2ccc(N(c3cccc(-c4ccccc4)c3)c3ccc(-c4ccc(-c5cccc6ccccc56)cc4)c4c3oc3c5ccccc5ccc34)cc2)cc1. The summed E-state index contributed by atoms with van der Waals surface area (Å²) in [5.74, 6) is 0. The summed E-state index contributed by atoms with van der Waals surface area (Å²) in [6, 6.07) is 80.5. The third kappa shape index (κ3) is 5.82. The molecule has 11 aromatic rings. The van der Waals surface area contributed by atoms with Crippen LogP contribution in [-0.2, 0) is 0 Å². The molecule has 0 radical (unpaired) electrons. The van der Waals surface area contributed by atoms with Gasteiger partial charge in [0.05, 0.1) is 5.69 Å². The molecular weight excluding hydrogens is 703 g/mol. The number of furan rings is 1. The smallest absolute Gasteiger partial charge is 0.160 e. The number of hydrogen-bond donors (Lipinski definition) is 0. The van der Waals surface area contributed by atoms with Gasteiger partial charge in [0, 0.05) is 27.5 Å². The van der Waals surface area contributed by atoms with Gasteiger partial charge in [0.2, 0.25) is 0 Å². The van der Waals surface area contributed by atoms with Gasteiger partial charge in [-0.25, -0.2) is 0 Å². The molecule has 10 aromatic carbocycles. The zero-order chi connectivity index (χ0) is 38.4. The van der Waals surface area contributed by atoms with Crippen molar-refractivity contribution in [1.29, 1.82) is 0 Å². The predicted molar refractivity (Wildman–Crippen MR) is 245 cm³/mol. The van der Waals surface area contributed by atoms with Crippen molar-refractivity contribution in [1.82, 2.24) is 0 Å². The van der Waals surface area contributed by atoms with Crippen LogP contribution in [0.15, 0.2) is 229 Å². The van der Waals surface area contributed by atoms with Crippen molar-refractivity contribution >= 4 is 60.5 Å². The summed E-state index contributed by atoms with van der Waals surface area (Å²) in [6.07, 6.45) is 0. The summed E-state index contributed by atoms with van der Waals surface area (Å²) in [5, 5.41) is 6.95. The Morgan fingerprint density at radius 2 is 0.845 bits per heavy atom. The van der Waals surface area contributed by atoms with Crippen molar-refractivity contribution in [2.24, 2.45) is 0 Å². The summed E-state index contributed by atoms with van der Waals surface area (Å²) in [5.41, 5.74) is 14.2. The van der Waals surface area contributed by atoms with Gasteiger partial charge in [-0.05, 0) is 97.1 Å². The van der Waals surface area contributed by atoms with Crippen LogP contribution in [0.25, 0.3) is 88.0 Å². The summed E-state index contributed by atoms with van der Waals surface area (Å²) >= 11 is 0. The van der Waals surface area contributed by atoms with Gasteiger partial charge in [0.25, 0.3) is 0 Å². The van der Waals surface area contributed by atoms with Crippen LogP contribution >= 0.6 is 0 Å². The fourth-order valence-corrected chi connectivity index (χ4v) is 8.63. The van der Waals surface area contributed by atoms with E-state index in [9.17, 15) is 0 Å². The molecule has 2 nitrogen and oxygen atoms in total. The average Bonchev–Trinajstić information content (AvgIpc) is 3.71. The van der Waals surface area contributed by atoms with Crippen molar-refractivity contribution in [3.05, 3.63) is 224 Å². The lowest BCUT2D eigenvalue weighted by atomic mass is 9.94. The molecule has 0 amide bonds. The number of benzene rings is 10. The van der Waals surface area contributed by atoms with E-state index < -0.39 is 0 Å². The number of rotatable bonds is 7. The summed E-state index contributed by atoms with van der Waals surface area (Å²) < 4.78 is 7.19. The molecule has 0 unspecified atom stereocenters. The highest BCUT2D eigenvalue weighted by molar-refractivity contribution is 6.22. The molecule has 0 saturated carbocycles. The molecule has 272 valence electrons. The first-order chi connectivity index (χ1) is 28.8. The first-order valence-electron chi connectivity index (χ1n) is 19.8. The Kier molecular flexibility index (Phi) is 8.19. The standard InChI is InChI=1S/C56H37NO/c1-3-13-38(14-4-1)40-29-32-46(33-30-40)57(47-21-11-20-45(37-47)39-15-5-2-6-16-39)53-36-35-50(54-52-34-31-42-18-8-10-23-51(42)55(52)58-56(53)54)44-27-25-43(26-28-44)49-24-12-19-41-17-7-9-22-48(41)49/h1-37H. The lowest BCUT2D eigenvalue weighted by Gasteiger charge is -2.27. The van der Waals surface area contributed by atoms with Crippen molar-refractivity contribution in [3.8, 4) is 44.5 Å². The number of hydrogen-bond acceptors (Lipinski definition) is 2. The van der Waals surface area contributed by atoms with Crippen molar-refractivity contribution < 1.29 is 4.42 Å². The topological polar surface area (TPSA) is 16.4 Å². The van der Waals surface area contributed by atoms with E-state index in [1.807, 2.05) is 0 Å². The number of anilines is 3. The Balaban J connectivity index is 1.13. The summed E-state index contributed by atoms with van der Waals surface area (Å²) in [4.78, 5) is 2.35. The molecular formula is C56H37NO. The lowest BCUT2D eigenvalue weighted by molar-refractivity contribution is 0.673. The Morgan fingerprint density at radius 1 is 0.293 bits per heavy atom. The minimum absolute atomic E-state index is 0.847. The second-order valence-electron chi connectivity index (χ2n) is 14.9. The number of fused-ring (bicyclic) bond motifs is 6. The second-order valence-corrected chi connectivity index (χ2v) is 14.9. The molecule has 11 rings (SSSR count). The maximum absolute atomic E-state index is 7.19. The van der Waals surface area contributed by atoms with E-state index in [2.05, 4.69) is 229 Å². The van der Waals surface area contributed by atoms with Crippen molar-refractivity contribution in [3.63, 3.8) is 0 Å². The maximum Gasteiger partial charge on any atom is 0.160 e. The van der Waals surface area contributed by atoms with Gasteiger partial charge < -0.3 is 9.32 Å². The minimum Gasteiger partial charge on any atom is -0.453 e. The number of nitrogens with zero attached hydrogens (tertiary/aromatic N) is 1. The fourth-order valence-electron chi connectivity index (χ4n) is 8.63. The van der Waals surface area contributed by atoms with Crippen LogP contribution in [-0.4, -0.2) is 0 Å². The first-order valence-corrected chi connectivity index (χ1v) is 19.8. The Hall–Kier alpha value is -7.68. The molecule has 0 bridgehead atoms. The third-order valence-corrected chi connectivity index (χ3v) is 11.5. The van der Waals surface area contributed by atoms with E-state index in [4.69, 9.17) is 4.42 Å². The molecule has 0 aliphatic heterocycles. The summed E-state index contributed by atoms with van der Waals surface area (Å²) in [7, 11) is 0. The first kappa shape index (κ1) is 33.6. The van der Waals surface area contributed by atoms with E-state index in [-0.39, 0.29) is 0 Å². The molecule has 1 aromatic heterocycles. The minimum atomic E-state index is 0.847. The van der Waals surface area contributed by atoms with Crippen molar-refractivity contribution in [2.75, 3.05) is 4.90 Å². The molecule has 0 N–H and O–H groups in total. The van der Waals surface area contributed by atoms with Crippen LogP contribution in [0, 0.1) is 0 Å². The molecule has 0 saturated heterocycles. The zero-order valence-corrected chi connectivity index (χ0v) is 31.7. The van der Waals surface area contributed by atoms with Gasteiger partial charge in [-0.15, -0.1) is 0 Å². The summed E-state index contributed by atoms with van der Waals surface area (Å²) in [6.45, 7) is 0.